The van der Waals surface area contributed by atoms with Crippen molar-refractivity contribution in [3.05, 3.63) is 0 Å². The Labute approximate surface area is 79.7 Å². The van der Waals surface area contributed by atoms with Gasteiger partial charge in [0.1, 0.15) is 0 Å². The predicted octanol–water partition coefficient (Wildman–Crippen LogP) is -2.54. The van der Waals surface area contributed by atoms with Crippen LogP contribution in [-0.4, -0.2) is 21.9 Å². The molecule has 0 aliphatic heterocycles. The maximum absolute atomic E-state index is 11.1. The van der Waals surface area contributed by atoms with E-state index in [-0.39, 0.29) is 20.3 Å². The van der Waals surface area contributed by atoms with Gasteiger partial charge in [0, 0.05) is 0 Å². The van der Waals surface area contributed by atoms with Crippen molar-refractivity contribution in [1.82, 2.24) is 0 Å². The Bertz CT molecular complexity index is 214. The minimum absolute atomic E-state index is 0. The molecule has 0 aliphatic carbocycles. The second-order valence-electron chi connectivity index (χ2n) is 1.17. The molecule has 0 aromatic heterocycles. The van der Waals surface area contributed by atoms with Crippen LogP contribution in [0.2, 0.25) is 0 Å². The fourth-order valence-electron chi connectivity index (χ4n) is 0.108. The maximum Gasteiger partial charge on any atom is 1.00 e. The number of hydrogen-bond acceptors (Lipinski definition) is 5. The fraction of sp³-hybridized carbons (Fsp3) is 1.00. The van der Waals surface area contributed by atoms with E-state index in [9.17, 15) is 21.6 Å². The molecule has 0 fully saturated rings. The van der Waals surface area contributed by atoms with E-state index < -0.39 is 16.8 Å². The van der Waals surface area contributed by atoms with Crippen LogP contribution in [0.15, 0.2) is 0 Å². The zero-order chi connectivity index (χ0) is 9.12. The Morgan fingerprint density at radius 1 is 1.33 bits per heavy atom. The molecule has 70 valence electrons. The summed E-state index contributed by atoms with van der Waals surface area (Å²) in [4.78, 5) is 2.47. The van der Waals surface area contributed by atoms with Crippen LogP contribution in [0.3, 0.4) is 0 Å². The topological polar surface area (TPSA) is 61.8 Å². The van der Waals surface area contributed by atoms with E-state index in [0.717, 1.165) is 0 Å². The number of alkyl halides is 3. The summed E-state index contributed by atoms with van der Waals surface area (Å²) in [5, 5.41) is 0. The van der Waals surface area contributed by atoms with Crippen molar-refractivity contribution in [3.8, 4) is 0 Å². The quantitative estimate of drug-likeness (QED) is 0.288. The van der Waals surface area contributed by atoms with Crippen molar-refractivity contribution in [2.75, 3.05) is 7.11 Å². The van der Waals surface area contributed by atoms with E-state index >= 15 is 0 Å². The minimum atomic E-state index is -5.18. The molecule has 0 N–H and O–H groups in total. The Morgan fingerprint density at radius 3 is 2.00 bits per heavy atom. The van der Waals surface area contributed by atoms with E-state index in [1.165, 1.54) is 0 Å². The van der Waals surface area contributed by atoms with E-state index in [4.69, 9.17) is 0 Å². The monoisotopic (exact) mass is 204 g/mol. The third-order valence-electron chi connectivity index (χ3n) is 0.416. The van der Waals surface area contributed by atoms with Crippen LogP contribution in [0.1, 0.15) is 1.43 Å². The number of rotatable bonds is 3. The average Bonchev–Trinajstić information content (AvgIpc) is 1.83. The van der Waals surface area contributed by atoms with Gasteiger partial charge in [0.25, 0.3) is 0 Å². The molecule has 0 heterocycles. The van der Waals surface area contributed by atoms with Gasteiger partial charge >= 0.3 is 35.6 Å². The van der Waals surface area contributed by atoms with Crippen molar-refractivity contribution in [2.45, 2.75) is 6.36 Å². The molecule has 0 bridgehead atoms. The molecule has 10 heteroatoms. The standard InChI is InChI=1S/C2H3F3O5S.Li.H/c1-8-11(6,7)10-9-2(3,4)5;;/h1H3;;/q;+1;-1. The molecule has 0 aromatic carbocycles. The summed E-state index contributed by atoms with van der Waals surface area (Å²) in [6.45, 7) is 0. The molecule has 0 amide bonds. The molecule has 0 aromatic rings. The molecule has 0 radical (unpaired) electrons. The van der Waals surface area contributed by atoms with Gasteiger partial charge in [-0.15, -0.1) is 18.1 Å². The molecule has 0 spiro atoms. The van der Waals surface area contributed by atoms with Crippen LogP contribution in [0, 0.1) is 0 Å². The Morgan fingerprint density at radius 2 is 1.75 bits per heavy atom. The van der Waals surface area contributed by atoms with Crippen LogP contribution < -0.4 is 18.9 Å². The molecular weight excluding hydrogens is 200 g/mol. The van der Waals surface area contributed by atoms with E-state index in [1.54, 1.807) is 0 Å². The fourth-order valence-corrected chi connectivity index (χ4v) is 0.324. The second-order valence-corrected chi connectivity index (χ2v) is 2.46. The summed E-state index contributed by atoms with van der Waals surface area (Å²) in [5.74, 6) is 0. The predicted molar refractivity (Wildman–Crippen MR) is 25.3 cm³/mol. The van der Waals surface area contributed by atoms with Crippen LogP contribution in [0.4, 0.5) is 13.2 Å². The summed E-state index contributed by atoms with van der Waals surface area (Å²) >= 11 is 0. The zero-order valence-corrected chi connectivity index (χ0v) is 6.90. The third kappa shape index (κ3) is 8.32. The van der Waals surface area contributed by atoms with Gasteiger partial charge in [-0.05, 0) is 0 Å². The van der Waals surface area contributed by atoms with Gasteiger partial charge < -0.3 is 1.43 Å². The Hall–Kier alpha value is 0.217. The summed E-state index contributed by atoms with van der Waals surface area (Å²) in [7, 11) is -4.07. The number of hydrogen-bond donors (Lipinski definition) is 0. The molecule has 0 saturated heterocycles. The SMILES string of the molecule is COS(=O)(=O)OOC(F)(F)F.[H-].[Li+]. The normalized spacial score (nSPS) is 12.3. The molecule has 0 atom stereocenters. The van der Waals surface area contributed by atoms with E-state index in [0.29, 0.717) is 7.11 Å². The first-order chi connectivity index (χ1) is 4.77. The summed E-state index contributed by atoms with van der Waals surface area (Å²) < 4.78 is 59.4. The Kier molecular flexibility index (Phi) is 6.21. The summed E-state index contributed by atoms with van der Waals surface area (Å²) in [6.07, 6.45) is -5.18. The van der Waals surface area contributed by atoms with Crippen molar-refractivity contribution in [2.24, 2.45) is 0 Å². The van der Waals surface area contributed by atoms with Crippen LogP contribution >= 0.6 is 0 Å². The zero-order valence-electron chi connectivity index (χ0n) is 7.08. The van der Waals surface area contributed by atoms with Gasteiger partial charge in [-0.2, -0.15) is 8.42 Å². The largest absolute Gasteiger partial charge is 1.00 e. The first kappa shape index (κ1) is 14.7. The first-order valence-corrected chi connectivity index (χ1v) is 3.35. The van der Waals surface area contributed by atoms with Crippen molar-refractivity contribution in [1.29, 1.82) is 0 Å². The molecule has 0 rings (SSSR count). The van der Waals surface area contributed by atoms with Gasteiger partial charge in [-0.1, -0.05) is 4.33 Å². The smallest absolute Gasteiger partial charge is 1.00 e. The Balaban J connectivity index is -0.000000500. The molecule has 5 nitrogen and oxygen atoms in total. The van der Waals surface area contributed by atoms with Gasteiger partial charge in [0.15, 0.2) is 0 Å². The molecule has 0 saturated carbocycles. The average molecular weight is 204 g/mol. The van der Waals surface area contributed by atoms with E-state index in [1.807, 2.05) is 0 Å². The first-order valence-electron chi connectivity index (χ1n) is 2.01. The molecule has 12 heavy (non-hydrogen) atoms. The maximum atomic E-state index is 11.1. The van der Waals surface area contributed by atoms with Crippen LogP contribution in [0.25, 0.3) is 0 Å². The molecule has 0 unspecified atom stereocenters. The number of halogens is 3. The van der Waals surface area contributed by atoms with Crippen LogP contribution in [0.5, 0.6) is 0 Å². The summed E-state index contributed by atoms with van der Waals surface area (Å²) in [5.41, 5.74) is 0. The minimum Gasteiger partial charge on any atom is -1.00 e. The van der Waals surface area contributed by atoms with Gasteiger partial charge in [0.2, 0.25) is 0 Å². The van der Waals surface area contributed by atoms with Gasteiger partial charge in [-0.3, -0.25) is 0 Å². The molecular formula is C2H4F3LiO5S. The third-order valence-corrected chi connectivity index (χ3v) is 1.06. The van der Waals surface area contributed by atoms with Crippen molar-refractivity contribution >= 4 is 10.4 Å². The van der Waals surface area contributed by atoms with Gasteiger partial charge in [0.05, 0.1) is 7.11 Å². The van der Waals surface area contributed by atoms with Gasteiger partial charge in [-0.25, -0.2) is 4.18 Å². The van der Waals surface area contributed by atoms with E-state index in [2.05, 4.69) is 13.4 Å². The summed E-state index contributed by atoms with van der Waals surface area (Å²) in [6, 6.07) is 0. The van der Waals surface area contributed by atoms with Crippen molar-refractivity contribution < 1.29 is 55.3 Å². The van der Waals surface area contributed by atoms with Crippen molar-refractivity contribution in [3.63, 3.8) is 0 Å². The second kappa shape index (κ2) is 5.06. The van der Waals surface area contributed by atoms with Crippen LogP contribution in [-0.2, 0) is 23.8 Å². The molecule has 0 aliphatic rings.